The molecule has 0 heterocycles. The van der Waals surface area contributed by atoms with E-state index in [-0.39, 0.29) is 0 Å². The zero-order chi connectivity index (χ0) is 11.7. The highest BCUT2D eigenvalue weighted by molar-refractivity contribution is 6.44. The van der Waals surface area contributed by atoms with Crippen LogP contribution in [0.25, 0.3) is 0 Å². The molecule has 0 atom stereocenters. The van der Waals surface area contributed by atoms with E-state index in [0.717, 1.165) is 19.3 Å². The lowest BCUT2D eigenvalue weighted by Crippen LogP contribution is -2.32. The molecule has 0 N–H and O–H groups in total. The topological polar surface area (TPSA) is 18.5 Å². The highest BCUT2D eigenvalue weighted by Crippen LogP contribution is 2.36. The molecule has 0 aromatic heterocycles. The lowest BCUT2D eigenvalue weighted by molar-refractivity contribution is 0.183. The molecule has 0 bridgehead atoms. The van der Waals surface area contributed by atoms with Gasteiger partial charge in [-0.3, -0.25) is 0 Å². The van der Waals surface area contributed by atoms with Gasteiger partial charge in [0.1, 0.15) is 0 Å². The minimum absolute atomic E-state index is 0.460. The summed E-state index contributed by atoms with van der Waals surface area (Å²) in [5, 5.41) is 0. The van der Waals surface area contributed by atoms with E-state index in [9.17, 15) is 0 Å². The molecular weight excluding hydrogens is 204 g/mol. The molecule has 0 spiro atoms. The summed E-state index contributed by atoms with van der Waals surface area (Å²) in [5.74, 6) is 0. The summed E-state index contributed by atoms with van der Waals surface area (Å²) < 4.78 is 11.5. The fourth-order valence-electron chi connectivity index (χ4n) is 2.07. The van der Waals surface area contributed by atoms with Gasteiger partial charge in [-0.1, -0.05) is 40.0 Å². The van der Waals surface area contributed by atoms with E-state index in [0.29, 0.717) is 5.41 Å². The summed E-state index contributed by atoms with van der Waals surface area (Å²) in [6.45, 7) is 12.6. The van der Waals surface area contributed by atoms with Gasteiger partial charge in [-0.15, -0.1) is 0 Å². The van der Waals surface area contributed by atoms with Gasteiger partial charge < -0.3 is 8.85 Å². The predicted octanol–water partition coefficient (Wildman–Crippen LogP) is 3.50. The van der Waals surface area contributed by atoms with E-state index >= 15 is 0 Å². The third kappa shape index (κ3) is 5.14. The van der Waals surface area contributed by atoms with Gasteiger partial charge in [0.25, 0.3) is 0 Å². The summed E-state index contributed by atoms with van der Waals surface area (Å²) in [7, 11) is -1.41. The second-order valence-corrected chi connectivity index (χ2v) is 6.04. The van der Waals surface area contributed by atoms with Crippen LogP contribution in [0.1, 0.15) is 53.9 Å². The second kappa shape index (κ2) is 8.31. The molecular formula is C12H28O2Si. The maximum absolute atomic E-state index is 5.76. The van der Waals surface area contributed by atoms with Crippen molar-refractivity contribution in [2.24, 2.45) is 5.41 Å². The van der Waals surface area contributed by atoms with Gasteiger partial charge in [0.2, 0.25) is 0 Å². The number of hydrogen-bond acceptors (Lipinski definition) is 2. The highest BCUT2D eigenvalue weighted by Gasteiger charge is 2.30. The van der Waals surface area contributed by atoms with Crippen LogP contribution in [-0.4, -0.2) is 22.5 Å². The Hall–Kier alpha value is 0.137. The molecule has 3 heteroatoms. The van der Waals surface area contributed by atoms with Crippen LogP contribution >= 0.6 is 0 Å². The van der Waals surface area contributed by atoms with Crippen molar-refractivity contribution in [2.45, 2.75) is 59.9 Å². The molecule has 92 valence electrons. The Morgan fingerprint density at radius 2 is 1.20 bits per heavy atom. The quantitative estimate of drug-likeness (QED) is 0.567. The van der Waals surface area contributed by atoms with Crippen molar-refractivity contribution in [3.05, 3.63) is 0 Å². The summed E-state index contributed by atoms with van der Waals surface area (Å²) >= 11 is 0. The minimum Gasteiger partial charge on any atom is -0.397 e. The molecule has 0 aromatic carbocycles. The van der Waals surface area contributed by atoms with Gasteiger partial charge in [0.15, 0.2) is 0 Å². The van der Waals surface area contributed by atoms with Crippen LogP contribution in [0, 0.1) is 5.41 Å². The lowest BCUT2D eigenvalue weighted by atomic mass is 9.82. The van der Waals surface area contributed by atoms with Crippen molar-refractivity contribution < 1.29 is 8.85 Å². The summed E-state index contributed by atoms with van der Waals surface area (Å²) in [4.78, 5) is 0. The van der Waals surface area contributed by atoms with Crippen LogP contribution in [0.3, 0.4) is 0 Å². The normalized spacial score (nSPS) is 12.4. The van der Waals surface area contributed by atoms with Gasteiger partial charge in [0, 0.05) is 13.2 Å². The molecule has 0 aliphatic rings. The molecule has 0 aliphatic heterocycles. The first-order valence-electron chi connectivity index (χ1n) is 6.41. The minimum atomic E-state index is -1.41. The van der Waals surface area contributed by atoms with E-state index in [1.54, 1.807) is 0 Å². The molecule has 0 unspecified atom stereocenters. The highest BCUT2D eigenvalue weighted by atomic mass is 28.3. The van der Waals surface area contributed by atoms with Crippen molar-refractivity contribution in [1.29, 1.82) is 0 Å². The fraction of sp³-hybridized carbons (Fsp3) is 1.00. The lowest BCUT2D eigenvalue weighted by Gasteiger charge is -2.33. The molecule has 0 radical (unpaired) electrons. The van der Waals surface area contributed by atoms with Crippen LogP contribution in [0.15, 0.2) is 0 Å². The first-order valence-corrected chi connectivity index (χ1v) is 8.17. The van der Waals surface area contributed by atoms with E-state index in [1.165, 1.54) is 19.3 Å². The van der Waals surface area contributed by atoms with Crippen LogP contribution in [-0.2, 0) is 8.85 Å². The van der Waals surface area contributed by atoms with Gasteiger partial charge in [-0.2, -0.15) is 0 Å². The Labute approximate surface area is 97.2 Å². The first-order chi connectivity index (χ1) is 7.17. The predicted molar refractivity (Wildman–Crippen MR) is 68.5 cm³/mol. The third-order valence-electron chi connectivity index (χ3n) is 3.55. The van der Waals surface area contributed by atoms with Crippen molar-refractivity contribution in [1.82, 2.24) is 0 Å². The first kappa shape index (κ1) is 15.1. The summed E-state index contributed by atoms with van der Waals surface area (Å²) in [5.41, 5.74) is 0.460. The van der Waals surface area contributed by atoms with E-state index in [4.69, 9.17) is 8.85 Å². The second-order valence-electron chi connectivity index (χ2n) is 4.11. The fourth-order valence-corrected chi connectivity index (χ4v) is 4.72. The Balaban J connectivity index is 4.30. The van der Waals surface area contributed by atoms with Crippen molar-refractivity contribution in [2.75, 3.05) is 13.2 Å². The molecule has 2 nitrogen and oxygen atoms in total. The molecule has 0 rings (SSSR count). The molecule has 0 aromatic rings. The SMILES string of the molecule is CCO[SiH](CC(CC)(CC)CC)OCC. The van der Waals surface area contributed by atoms with Gasteiger partial charge in [0.05, 0.1) is 0 Å². The van der Waals surface area contributed by atoms with E-state index in [2.05, 4.69) is 34.6 Å². The monoisotopic (exact) mass is 232 g/mol. The molecule has 0 aliphatic carbocycles. The smallest absolute Gasteiger partial charge is 0.321 e. The Kier molecular flexibility index (Phi) is 8.38. The molecule has 0 saturated heterocycles. The van der Waals surface area contributed by atoms with E-state index in [1.807, 2.05) is 0 Å². The summed E-state index contributed by atoms with van der Waals surface area (Å²) in [6, 6.07) is 1.16. The standard InChI is InChI=1S/C12H28O2Si/c1-6-12(7-2,8-3)11-15(13-9-4)14-10-5/h15H,6-11H2,1-5H3. The third-order valence-corrected chi connectivity index (χ3v) is 6.16. The maximum Gasteiger partial charge on any atom is 0.321 e. The molecule has 0 saturated carbocycles. The Bertz CT molecular complexity index is 132. The van der Waals surface area contributed by atoms with Gasteiger partial charge in [-0.25, -0.2) is 0 Å². The summed E-state index contributed by atoms with van der Waals surface area (Å²) in [6.07, 6.45) is 3.72. The van der Waals surface area contributed by atoms with Crippen LogP contribution < -0.4 is 0 Å². The maximum atomic E-state index is 5.76. The molecule has 0 amide bonds. The Morgan fingerprint density at radius 1 is 0.800 bits per heavy atom. The number of rotatable bonds is 9. The van der Waals surface area contributed by atoms with Crippen LogP contribution in [0.4, 0.5) is 0 Å². The van der Waals surface area contributed by atoms with Gasteiger partial charge >= 0.3 is 9.28 Å². The van der Waals surface area contributed by atoms with Crippen LogP contribution in [0.5, 0.6) is 0 Å². The van der Waals surface area contributed by atoms with Crippen LogP contribution in [0.2, 0.25) is 6.04 Å². The average Bonchev–Trinajstić information content (AvgIpc) is 2.27. The molecule has 15 heavy (non-hydrogen) atoms. The van der Waals surface area contributed by atoms with Crippen molar-refractivity contribution in [3.8, 4) is 0 Å². The van der Waals surface area contributed by atoms with Crippen molar-refractivity contribution in [3.63, 3.8) is 0 Å². The average molecular weight is 232 g/mol. The Morgan fingerprint density at radius 3 is 1.47 bits per heavy atom. The number of hydrogen-bond donors (Lipinski definition) is 0. The largest absolute Gasteiger partial charge is 0.397 e. The zero-order valence-corrected chi connectivity index (χ0v) is 12.3. The van der Waals surface area contributed by atoms with Gasteiger partial charge in [-0.05, 0) is 25.3 Å². The van der Waals surface area contributed by atoms with Crippen molar-refractivity contribution >= 4 is 9.28 Å². The molecule has 0 fully saturated rings. The zero-order valence-electron chi connectivity index (χ0n) is 11.1. The van der Waals surface area contributed by atoms with E-state index < -0.39 is 9.28 Å².